The summed E-state index contributed by atoms with van der Waals surface area (Å²) in [7, 11) is 0. The number of rotatable bonds is 12. The highest BCUT2D eigenvalue weighted by Crippen LogP contribution is 2.30. The normalized spacial score (nSPS) is 22.2. The number of para-hydroxylation sites is 1. The maximum absolute atomic E-state index is 12.4. The summed E-state index contributed by atoms with van der Waals surface area (Å²) in [5.74, 6) is -1.54. The van der Waals surface area contributed by atoms with Gasteiger partial charge in [-0.3, -0.25) is 14.4 Å². The van der Waals surface area contributed by atoms with Crippen LogP contribution in [0.3, 0.4) is 0 Å². The third kappa shape index (κ3) is 7.96. The maximum Gasteiger partial charge on any atom is 0.306 e. The van der Waals surface area contributed by atoms with E-state index in [-0.39, 0.29) is 37.2 Å². The summed E-state index contributed by atoms with van der Waals surface area (Å²) in [6, 6.07) is 6.17. The minimum Gasteiger partial charge on any atom is -0.460 e. The van der Waals surface area contributed by atoms with Crippen molar-refractivity contribution in [1.29, 1.82) is 0 Å². The van der Waals surface area contributed by atoms with E-state index in [2.05, 4.69) is 0 Å². The standard InChI is InChI=1S/C24H34O10/c1-4-9-18(25)31-17-14-30-24(32-16-13-8-7-12-15(16)23(28)29)22(34-20(27)11-6-3)21(17)33-19(26)10-5-2/h7-8,12-13,17,21-24,28-29H,4-6,9-11,14H2,1-3H3/t17-,21-,22+,24-/m0/s1. The van der Waals surface area contributed by atoms with Gasteiger partial charge in [0.15, 0.2) is 18.5 Å². The minimum absolute atomic E-state index is 0.0701. The quantitative estimate of drug-likeness (QED) is 0.260. The molecule has 2 rings (SSSR count). The van der Waals surface area contributed by atoms with Gasteiger partial charge in [-0.2, -0.15) is 0 Å². The smallest absolute Gasteiger partial charge is 0.306 e. The fraction of sp³-hybridized carbons (Fsp3) is 0.625. The number of hydrogen-bond donors (Lipinski definition) is 2. The largest absolute Gasteiger partial charge is 0.460 e. The Morgan fingerprint density at radius 3 is 1.97 bits per heavy atom. The predicted molar refractivity (Wildman–Crippen MR) is 118 cm³/mol. The van der Waals surface area contributed by atoms with Gasteiger partial charge in [0.2, 0.25) is 12.4 Å². The Balaban J connectivity index is 2.38. The van der Waals surface area contributed by atoms with E-state index in [0.29, 0.717) is 19.3 Å². The van der Waals surface area contributed by atoms with Crippen LogP contribution in [-0.4, -0.2) is 59.3 Å². The number of carbonyl (C=O) groups is 3. The molecule has 0 aliphatic carbocycles. The minimum atomic E-state index is -1.82. The van der Waals surface area contributed by atoms with Crippen LogP contribution in [0.1, 0.15) is 71.1 Å². The first kappa shape index (κ1) is 27.6. The Morgan fingerprint density at radius 1 is 0.882 bits per heavy atom. The lowest BCUT2D eigenvalue weighted by Crippen LogP contribution is -2.59. The number of aliphatic hydroxyl groups excluding tert-OH is 1. The summed E-state index contributed by atoms with van der Waals surface area (Å²) >= 11 is 0. The van der Waals surface area contributed by atoms with E-state index >= 15 is 0 Å². The van der Waals surface area contributed by atoms with Gasteiger partial charge in [-0.15, -0.1) is 0 Å². The van der Waals surface area contributed by atoms with Crippen molar-refractivity contribution in [3.63, 3.8) is 0 Å². The SMILES string of the molecule is CCCC(=O)O[C@@H]1[C@@H](OC(=O)CCC)[C@H](Oc2ccccc2C(O)O)OC[C@@H]1OC(=O)CCC. The summed E-state index contributed by atoms with van der Waals surface area (Å²) in [4.78, 5) is 37.0. The molecule has 190 valence electrons. The highest BCUT2D eigenvalue weighted by molar-refractivity contribution is 5.71. The molecule has 0 radical (unpaired) electrons. The third-order valence-corrected chi connectivity index (χ3v) is 5.00. The van der Waals surface area contributed by atoms with Crippen LogP contribution in [-0.2, 0) is 33.3 Å². The number of benzene rings is 1. The maximum atomic E-state index is 12.4. The molecule has 34 heavy (non-hydrogen) atoms. The van der Waals surface area contributed by atoms with E-state index < -0.39 is 48.8 Å². The number of hydrogen-bond acceptors (Lipinski definition) is 10. The van der Waals surface area contributed by atoms with Crippen molar-refractivity contribution in [2.75, 3.05) is 6.61 Å². The van der Waals surface area contributed by atoms with Crippen LogP contribution in [0, 0.1) is 0 Å². The molecule has 0 bridgehead atoms. The Kier molecular flexibility index (Phi) is 11.2. The van der Waals surface area contributed by atoms with Gasteiger partial charge < -0.3 is 33.9 Å². The van der Waals surface area contributed by atoms with Crippen LogP contribution in [0.4, 0.5) is 0 Å². The monoisotopic (exact) mass is 482 g/mol. The molecule has 1 aromatic carbocycles. The molecule has 1 fully saturated rings. The zero-order chi connectivity index (χ0) is 25.1. The second-order valence-electron chi connectivity index (χ2n) is 7.92. The molecule has 0 aromatic heterocycles. The van der Waals surface area contributed by atoms with Gasteiger partial charge in [0.1, 0.15) is 5.75 Å². The summed E-state index contributed by atoms with van der Waals surface area (Å²) in [6.45, 7) is 5.25. The zero-order valence-corrected chi connectivity index (χ0v) is 19.8. The second-order valence-corrected chi connectivity index (χ2v) is 7.92. The van der Waals surface area contributed by atoms with Crippen molar-refractivity contribution in [3.8, 4) is 5.75 Å². The molecule has 1 heterocycles. The van der Waals surface area contributed by atoms with Gasteiger partial charge in [0, 0.05) is 24.8 Å². The summed E-state index contributed by atoms with van der Waals surface area (Å²) in [6.07, 6.45) is -4.54. The molecule has 0 saturated carbocycles. The molecular formula is C24H34O10. The summed E-state index contributed by atoms with van der Waals surface area (Å²) in [5, 5.41) is 19.3. The zero-order valence-electron chi connectivity index (χ0n) is 19.8. The Labute approximate surface area is 199 Å². The van der Waals surface area contributed by atoms with Gasteiger partial charge in [-0.1, -0.05) is 39.0 Å². The van der Waals surface area contributed by atoms with Crippen molar-refractivity contribution in [1.82, 2.24) is 0 Å². The predicted octanol–water partition coefficient (Wildman–Crippen LogP) is 2.54. The van der Waals surface area contributed by atoms with Gasteiger partial charge in [0.05, 0.1) is 6.61 Å². The van der Waals surface area contributed by atoms with Crippen molar-refractivity contribution >= 4 is 17.9 Å². The van der Waals surface area contributed by atoms with E-state index in [1.807, 2.05) is 13.8 Å². The molecule has 10 heteroatoms. The molecular weight excluding hydrogens is 448 g/mol. The second kappa shape index (κ2) is 13.9. The first-order valence-electron chi connectivity index (χ1n) is 11.6. The van der Waals surface area contributed by atoms with Crippen LogP contribution in [0.2, 0.25) is 0 Å². The van der Waals surface area contributed by atoms with Gasteiger partial charge in [0.25, 0.3) is 0 Å². The number of aliphatic hydroxyl groups is 2. The van der Waals surface area contributed by atoms with E-state index in [1.165, 1.54) is 12.1 Å². The number of ether oxygens (including phenoxy) is 5. The topological polar surface area (TPSA) is 138 Å². The fourth-order valence-electron chi connectivity index (χ4n) is 3.40. The van der Waals surface area contributed by atoms with Gasteiger partial charge in [-0.05, 0) is 25.3 Å². The van der Waals surface area contributed by atoms with Crippen molar-refractivity contribution in [2.45, 2.75) is 90.2 Å². The molecule has 0 unspecified atom stereocenters. The first-order valence-corrected chi connectivity index (χ1v) is 11.6. The number of esters is 3. The molecule has 1 aliphatic rings. The first-order chi connectivity index (χ1) is 16.3. The lowest BCUT2D eigenvalue weighted by molar-refractivity contribution is -0.261. The van der Waals surface area contributed by atoms with Gasteiger partial charge in [-0.25, -0.2) is 0 Å². The van der Waals surface area contributed by atoms with Gasteiger partial charge >= 0.3 is 17.9 Å². The molecule has 1 aliphatic heterocycles. The third-order valence-electron chi connectivity index (χ3n) is 5.00. The van der Waals surface area contributed by atoms with Crippen molar-refractivity contribution in [2.24, 2.45) is 0 Å². The van der Waals surface area contributed by atoms with E-state index in [9.17, 15) is 24.6 Å². The lowest BCUT2D eigenvalue weighted by atomic mass is 10.0. The highest BCUT2D eigenvalue weighted by atomic mass is 16.7. The lowest BCUT2D eigenvalue weighted by Gasteiger charge is -2.40. The molecule has 1 aromatic rings. The number of carbonyl (C=O) groups excluding carboxylic acids is 3. The molecule has 1 saturated heterocycles. The van der Waals surface area contributed by atoms with Crippen molar-refractivity contribution < 1.29 is 48.3 Å². The summed E-state index contributed by atoms with van der Waals surface area (Å²) < 4.78 is 28.3. The average Bonchev–Trinajstić information content (AvgIpc) is 2.78. The van der Waals surface area contributed by atoms with E-state index in [4.69, 9.17) is 23.7 Å². The van der Waals surface area contributed by atoms with Crippen LogP contribution in [0.5, 0.6) is 5.75 Å². The average molecular weight is 483 g/mol. The Morgan fingerprint density at radius 2 is 1.41 bits per heavy atom. The molecule has 0 spiro atoms. The summed E-state index contributed by atoms with van der Waals surface area (Å²) in [5.41, 5.74) is 0.0701. The molecule has 10 nitrogen and oxygen atoms in total. The highest BCUT2D eigenvalue weighted by Gasteiger charge is 2.49. The van der Waals surface area contributed by atoms with E-state index in [1.54, 1.807) is 19.1 Å². The Bertz CT molecular complexity index is 809. The van der Waals surface area contributed by atoms with Crippen LogP contribution in [0.25, 0.3) is 0 Å². The Hall–Kier alpha value is -2.69. The van der Waals surface area contributed by atoms with E-state index in [0.717, 1.165) is 0 Å². The molecule has 0 amide bonds. The van der Waals surface area contributed by atoms with Crippen molar-refractivity contribution in [3.05, 3.63) is 29.8 Å². The van der Waals surface area contributed by atoms with Crippen LogP contribution < -0.4 is 4.74 Å². The van der Waals surface area contributed by atoms with Crippen LogP contribution >= 0.6 is 0 Å². The van der Waals surface area contributed by atoms with Crippen LogP contribution in [0.15, 0.2) is 24.3 Å². The molecule has 2 N–H and O–H groups in total. The molecule has 4 atom stereocenters. The fourth-order valence-corrected chi connectivity index (χ4v) is 3.40.